The van der Waals surface area contributed by atoms with Crippen molar-refractivity contribution in [3.05, 3.63) is 29.8 Å². The predicted molar refractivity (Wildman–Crippen MR) is 78.3 cm³/mol. The van der Waals surface area contributed by atoms with E-state index in [1.54, 1.807) is 0 Å². The first-order chi connectivity index (χ1) is 9.15. The quantitative estimate of drug-likeness (QED) is 0.833. The highest BCUT2D eigenvalue weighted by atomic mass is 32.2. The van der Waals surface area contributed by atoms with Crippen molar-refractivity contribution in [1.29, 1.82) is 0 Å². The number of aryl methyl sites for hydroxylation is 1. The van der Waals surface area contributed by atoms with Crippen LogP contribution in [0.5, 0.6) is 0 Å². The van der Waals surface area contributed by atoms with Gasteiger partial charge in [-0.15, -0.1) is 11.8 Å². The molecule has 2 N–H and O–H groups in total. The van der Waals surface area contributed by atoms with E-state index in [2.05, 4.69) is 5.32 Å². The van der Waals surface area contributed by atoms with Gasteiger partial charge in [-0.05, 0) is 31.9 Å². The Bertz CT molecular complexity index is 419. The van der Waals surface area contributed by atoms with Crippen LogP contribution in [0.3, 0.4) is 0 Å². The van der Waals surface area contributed by atoms with Gasteiger partial charge in [-0.3, -0.25) is 4.79 Å². The summed E-state index contributed by atoms with van der Waals surface area (Å²) in [7, 11) is 0. The molecule has 0 saturated heterocycles. The highest BCUT2D eigenvalue weighted by molar-refractivity contribution is 8.00. The number of hydrogen-bond donors (Lipinski definition) is 2. The van der Waals surface area contributed by atoms with Gasteiger partial charge >= 0.3 is 0 Å². The van der Waals surface area contributed by atoms with Crippen LogP contribution >= 0.6 is 11.8 Å². The number of benzene rings is 1. The highest BCUT2D eigenvalue weighted by Crippen LogP contribution is 2.20. The summed E-state index contributed by atoms with van der Waals surface area (Å²) in [6, 6.07) is 8.10. The third-order valence-electron chi connectivity index (χ3n) is 3.47. The molecule has 3 nitrogen and oxygen atoms in total. The Morgan fingerprint density at radius 3 is 2.68 bits per heavy atom. The van der Waals surface area contributed by atoms with Gasteiger partial charge in [0, 0.05) is 4.90 Å². The lowest BCUT2D eigenvalue weighted by atomic mass is 9.93. The van der Waals surface area contributed by atoms with Crippen LogP contribution in [0.4, 0.5) is 0 Å². The molecule has 0 spiro atoms. The van der Waals surface area contributed by atoms with E-state index in [9.17, 15) is 9.90 Å². The Hall–Kier alpha value is -1.00. The molecule has 1 aliphatic rings. The molecular formula is C15H21NO2S. The SMILES string of the molecule is Cc1ccc(SCC(=O)NC2CCCCC2O)cc1. The van der Waals surface area contributed by atoms with Crippen molar-refractivity contribution in [2.45, 2.75) is 49.6 Å². The molecule has 2 atom stereocenters. The molecule has 19 heavy (non-hydrogen) atoms. The number of hydrogen-bond acceptors (Lipinski definition) is 3. The molecule has 2 unspecified atom stereocenters. The molecule has 1 amide bonds. The lowest BCUT2D eigenvalue weighted by Crippen LogP contribution is -2.45. The number of carbonyl (C=O) groups is 1. The second kappa shape index (κ2) is 6.96. The minimum atomic E-state index is -0.373. The van der Waals surface area contributed by atoms with Gasteiger partial charge < -0.3 is 10.4 Å². The van der Waals surface area contributed by atoms with Crippen molar-refractivity contribution < 1.29 is 9.90 Å². The van der Waals surface area contributed by atoms with Crippen molar-refractivity contribution >= 4 is 17.7 Å². The van der Waals surface area contributed by atoms with Crippen LogP contribution in [0, 0.1) is 6.92 Å². The Morgan fingerprint density at radius 2 is 2.00 bits per heavy atom. The van der Waals surface area contributed by atoms with Crippen molar-refractivity contribution in [3.63, 3.8) is 0 Å². The number of thioether (sulfide) groups is 1. The average Bonchev–Trinajstić information content (AvgIpc) is 2.41. The normalized spacial score (nSPS) is 23.1. The van der Waals surface area contributed by atoms with Crippen LogP contribution in [-0.2, 0) is 4.79 Å². The first kappa shape index (κ1) is 14.4. The van der Waals surface area contributed by atoms with Crippen LogP contribution < -0.4 is 5.32 Å². The van der Waals surface area contributed by atoms with E-state index in [0.717, 1.165) is 30.6 Å². The Morgan fingerprint density at radius 1 is 1.32 bits per heavy atom. The third-order valence-corrected chi connectivity index (χ3v) is 4.48. The van der Waals surface area contributed by atoms with Gasteiger partial charge in [-0.2, -0.15) is 0 Å². The monoisotopic (exact) mass is 279 g/mol. The van der Waals surface area contributed by atoms with Crippen LogP contribution in [0.2, 0.25) is 0 Å². The van der Waals surface area contributed by atoms with Crippen molar-refractivity contribution in [3.8, 4) is 0 Å². The number of aliphatic hydroxyl groups is 1. The minimum absolute atomic E-state index is 0.0107. The van der Waals surface area contributed by atoms with Gasteiger partial charge in [0.2, 0.25) is 5.91 Å². The predicted octanol–water partition coefficient (Wildman–Crippen LogP) is 2.51. The summed E-state index contributed by atoms with van der Waals surface area (Å²) >= 11 is 1.53. The van der Waals surface area contributed by atoms with E-state index in [1.165, 1.54) is 17.3 Å². The van der Waals surface area contributed by atoms with Crippen LogP contribution in [-0.4, -0.2) is 28.9 Å². The summed E-state index contributed by atoms with van der Waals surface area (Å²) in [5.74, 6) is 0.420. The van der Waals surface area contributed by atoms with Gasteiger partial charge in [0.25, 0.3) is 0 Å². The van der Waals surface area contributed by atoms with Gasteiger partial charge in [0.1, 0.15) is 0 Å². The molecule has 0 bridgehead atoms. The molecule has 1 aliphatic carbocycles. The first-order valence-corrected chi connectivity index (χ1v) is 7.80. The summed E-state index contributed by atoms with van der Waals surface area (Å²) in [6.45, 7) is 2.05. The molecule has 1 fully saturated rings. The van der Waals surface area contributed by atoms with Gasteiger partial charge in [-0.1, -0.05) is 30.5 Å². The number of aliphatic hydroxyl groups excluding tert-OH is 1. The lowest BCUT2D eigenvalue weighted by Gasteiger charge is -2.28. The lowest BCUT2D eigenvalue weighted by molar-refractivity contribution is -0.120. The van der Waals surface area contributed by atoms with Gasteiger partial charge in [-0.25, -0.2) is 0 Å². The second-order valence-corrected chi connectivity index (χ2v) is 6.18. The number of rotatable bonds is 4. The first-order valence-electron chi connectivity index (χ1n) is 6.82. The number of nitrogens with one attached hydrogen (secondary N) is 1. The highest BCUT2D eigenvalue weighted by Gasteiger charge is 2.24. The van der Waals surface area contributed by atoms with Crippen LogP contribution in [0.15, 0.2) is 29.2 Å². The second-order valence-electron chi connectivity index (χ2n) is 5.13. The molecule has 0 aliphatic heterocycles. The Labute approximate surface area is 118 Å². The Balaban J connectivity index is 1.76. The largest absolute Gasteiger partial charge is 0.391 e. The fourth-order valence-electron chi connectivity index (χ4n) is 2.31. The molecule has 1 saturated carbocycles. The third kappa shape index (κ3) is 4.55. The van der Waals surface area contributed by atoms with Crippen molar-refractivity contribution in [2.24, 2.45) is 0 Å². The maximum Gasteiger partial charge on any atom is 0.230 e. The molecule has 4 heteroatoms. The standard InChI is InChI=1S/C15H21NO2S/c1-11-6-8-12(9-7-11)19-10-15(18)16-13-4-2-3-5-14(13)17/h6-9,13-14,17H,2-5,10H2,1H3,(H,16,18). The zero-order valence-electron chi connectivity index (χ0n) is 11.3. The fraction of sp³-hybridized carbons (Fsp3) is 0.533. The number of amides is 1. The van der Waals surface area contributed by atoms with E-state index >= 15 is 0 Å². The van der Waals surface area contributed by atoms with Gasteiger partial charge in [0.15, 0.2) is 0 Å². The molecular weight excluding hydrogens is 258 g/mol. The summed E-state index contributed by atoms with van der Waals surface area (Å²) in [5, 5.41) is 12.8. The maximum absolute atomic E-state index is 11.9. The van der Waals surface area contributed by atoms with Gasteiger partial charge in [0.05, 0.1) is 17.9 Å². The molecule has 2 rings (SSSR count). The molecule has 0 aromatic heterocycles. The van der Waals surface area contributed by atoms with E-state index in [1.807, 2.05) is 31.2 Å². The van der Waals surface area contributed by atoms with Crippen molar-refractivity contribution in [2.75, 3.05) is 5.75 Å². The van der Waals surface area contributed by atoms with Crippen LogP contribution in [0.1, 0.15) is 31.2 Å². The summed E-state index contributed by atoms with van der Waals surface area (Å²) in [6.07, 6.45) is 3.47. The molecule has 104 valence electrons. The molecule has 1 aromatic carbocycles. The minimum Gasteiger partial charge on any atom is -0.391 e. The summed E-state index contributed by atoms with van der Waals surface area (Å²) in [5.41, 5.74) is 1.22. The zero-order valence-corrected chi connectivity index (χ0v) is 12.1. The molecule has 1 aromatic rings. The van der Waals surface area contributed by atoms with E-state index < -0.39 is 0 Å². The average molecular weight is 279 g/mol. The smallest absolute Gasteiger partial charge is 0.230 e. The maximum atomic E-state index is 11.9. The van der Waals surface area contributed by atoms with Crippen LogP contribution in [0.25, 0.3) is 0 Å². The van der Waals surface area contributed by atoms with E-state index in [0.29, 0.717) is 5.75 Å². The topological polar surface area (TPSA) is 49.3 Å². The molecule has 0 radical (unpaired) electrons. The van der Waals surface area contributed by atoms with Crippen molar-refractivity contribution in [1.82, 2.24) is 5.32 Å². The fourth-order valence-corrected chi connectivity index (χ4v) is 3.02. The number of carbonyl (C=O) groups excluding carboxylic acids is 1. The summed E-state index contributed by atoms with van der Waals surface area (Å²) in [4.78, 5) is 13.0. The van der Waals surface area contributed by atoms with E-state index in [-0.39, 0.29) is 18.1 Å². The van der Waals surface area contributed by atoms with E-state index in [4.69, 9.17) is 0 Å². The molecule has 0 heterocycles. The Kier molecular flexibility index (Phi) is 5.28. The summed E-state index contributed by atoms with van der Waals surface area (Å²) < 4.78 is 0. The zero-order chi connectivity index (χ0) is 13.7.